The number of halogens is 3. The highest BCUT2D eigenvalue weighted by molar-refractivity contribution is 8.21. The predicted molar refractivity (Wildman–Crippen MR) is 108 cm³/mol. The largest absolute Gasteiger partial charge is 0.418 e. The molecule has 2 aliphatic carbocycles. The maximum Gasteiger partial charge on any atom is 0.418 e. The fraction of sp³-hybridized carbons (Fsp3) is 0.333. The van der Waals surface area contributed by atoms with Gasteiger partial charge >= 0.3 is 6.18 Å². The first-order valence-electron chi connectivity index (χ1n) is 9.28. The number of aromatic nitrogens is 1. The second-order valence-electron chi connectivity index (χ2n) is 7.48. The Bertz CT molecular complexity index is 1090. The number of allylic oxidation sites excluding steroid dienone is 1. The lowest BCUT2D eigenvalue weighted by atomic mass is 9.97. The third-order valence-electron chi connectivity index (χ3n) is 5.34. The van der Waals surface area contributed by atoms with Gasteiger partial charge in [-0.2, -0.15) is 13.2 Å². The van der Waals surface area contributed by atoms with Crippen LogP contribution in [0.3, 0.4) is 0 Å². The smallest absolute Gasteiger partial charge is 0.378 e. The van der Waals surface area contributed by atoms with Crippen LogP contribution in [-0.4, -0.2) is 16.2 Å². The van der Waals surface area contributed by atoms with Crippen molar-refractivity contribution in [3.8, 4) is 0 Å². The number of hydrogen-bond donors (Lipinski definition) is 1. The molecule has 2 aromatic rings. The van der Waals surface area contributed by atoms with Crippen molar-refractivity contribution in [3.63, 3.8) is 0 Å². The molecule has 2 N–H and O–H groups in total. The van der Waals surface area contributed by atoms with Gasteiger partial charge < -0.3 is 5.73 Å². The number of benzene rings is 1. The summed E-state index contributed by atoms with van der Waals surface area (Å²) in [6.45, 7) is 1.86. The molecule has 1 aromatic carbocycles. The van der Waals surface area contributed by atoms with Gasteiger partial charge in [0, 0.05) is 10.3 Å². The summed E-state index contributed by atoms with van der Waals surface area (Å²) in [7, 11) is 0. The van der Waals surface area contributed by atoms with Gasteiger partial charge in [0.1, 0.15) is 0 Å². The Morgan fingerprint density at radius 1 is 1.21 bits per heavy atom. The van der Waals surface area contributed by atoms with E-state index >= 15 is 0 Å². The lowest BCUT2D eigenvalue weighted by Gasteiger charge is -2.17. The molecule has 3 aliphatic rings. The summed E-state index contributed by atoms with van der Waals surface area (Å²) in [6, 6.07) is 5.12. The van der Waals surface area contributed by atoms with Crippen LogP contribution < -0.4 is 5.73 Å². The number of hydrogen-bond acceptors (Lipinski definition) is 4. The second kappa shape index (κ2) is 6.11. The lowest BCUT2D eigenvalue weighted by Crippen LogP contribution is -2.12. The summed E-state index contributed by atoms with van der Waals surface area (Å²) >= 11 is 1.30. The summed E-state index contributed by atoms with van der Waals surface area (Å²) in [5.74, 6) is 0.227. The molecule has 3 nitrogen and oxygen atoms in total. The highest BCUT2D eigenvalue weighted by Gasteiger charge is 2.39. The Hall–Kier alpha value is -2.28. The molecule has 0 amide bonds. The zero-order valence-electron chi connectivity index (χ0n) is 15.2. The van der Waals surface area contributed by atoms with Gasteiger partial charge in [-0.1, -0.05) is 23.9 Å². The molecule has 5 rings (SSSR count). The van der Waals surface area contributed by atoms with Crippen LogP contribution in [-0.2, 0) is 6.18 Å². The van der Waals surface area contributed by atoms with E-state index in [1.165, 1.54) is 17.8 Å². The van der Waals surface area contributed by atoms with Gasteiger partial charge in [0.05, 0.1) is 22.8 Å². The van der Waals surface area contributed by atoms with Gasteiger partial charge in [0.25, 0.3) is 0 Å². The number of pyridine rings is 1. The summed E-state index contributed by atoms with van der Waals surface area (Å²) < 4.78 is 41.7. The predicted octanol–water partition coefficient (Wildman–Crippen LogP) is 5.71. The third kappa shape index (κ3) is 3.02. The first kappa shape index (κ1) is 17.8. The van der Waals surface area contributed by atoms with Crippen molar-refractivity contribution in [1.82, 2.24) is 4.98 Å². The summed E-state index contributed by atoms with van der Waals surface area (Å²) in [5, 5.41) is 0.995. The van der Waals surface area contributed by atoms with Crippen molar-refractivity contribution < 1.29 is 13.2 Å². The molecular formula is C21H18F3N3S. The molecular weight excluding hydrogens is 383 g/mol. The van der Waals surface area contributed by atoms with Crippen LogP contribution in [0.4, 0.5) is 13.2 Å². The van der Waals surface area contributed by atoms with Gasteiger partial charge in [-0.15, -0.1) is 0 Å². The number of amidine groups is 1. The Morgan fingerprint density at radius 2 is 2.00 bits per heavy atom. The Morgan fingerprint density at radius 3 is 2.68 bits per heavy atom. The zero-order chi connectivity index (χ0) is 19.6. The monoisotopic (exact) mass is 401 g/mol. The van der Waals surface area contributed by atoms with E-state index in [-0.39, 0.29) is 17.5 Å². The standard InChI is InChI=1S/C21H18F3N3S/c1-2-3-11-8-17(19-14-9-16(14)27-20(25)28-19)26-18-13(11)6-12(10-4-5-10)7-15(18)21(22,23)24/h2-3,6-8,10,16H,4-5,9H2,1H3,(H2,25,27)/b3-2-. The average molecular weight is 401 g/mol. The molecule has 0 bridgehead atoms. The van der Waals surface area contributed by atoms with E-state index < -0.39 is 11.7 Å². The van der Waals surface area contributed by atoms with E-state index in [0.717, 1.165) is 40.9 Å². The van der Waals surface area contributed by atoms with E-state index in [1.54, 1.807) is 0 Å². The molecule has 28 heavy (non-hydrogen) atoms. The Balaban J connectivity index is 1.78. The first-order valence-corrected chi connectivity index (χ1v) is 10.1. The van der Waals surface area contributed by atoms with Crippen molar-refractivity contribution in [2.45, 2.75) is 44.3 Å². The molecule has 1 atom stereocenters. The number of thioether (sulfide) groups is 1. The van der Waals surface area contributed by atoms with Crippen LogP contribution in [0.2, 0.25) is 0 Å². The fourth-order valence-corrected chi connectivity index (χ4v) is 4.71. The van der Waals surface area contributed by atoms with Gasteiger partial charge in [0.15, 0.2) is 5.17 Å². The van der Waals surface area contributed by atoms with Crippen molar-refractivity contribution in [2.24, 2.45) is 10.7 Å². The lowest BCUT2D eigenvalue weighted by molar-refractivity contribution is -0.136. The second-order valence-corrected chi connectivity index (χ2v) is 8.51. The van der Waals surface area contributed by atoms with Crippen LogP contribution >= 0.6 is 11.8 Å². The van der Waals surface area contributed by atoms with E-state index in [4.69, 9.17) is 5.73 Å². The number of alkyl halides is 3. The number of nitrogens with two attached hydrogens (primary N) is 1. The molecule has 0 saturated heterocycles. The van der Waals surface area contributed by atoms with Gasteiger partial charge in [0.2, 0.25) is 0 Å². The van der Waals surface area contributed by atoms with E-state index in [1.807, 2.05) is 31.2 Å². The van der Waals surface area contributed by atoms with Crippen molar-refractivity contribution in [1.29, 1.82) is 0 Å². The normalized spacial score (nSPS) is 22.0. The van der Waals surface area contributed by atoms with Crippen LogP contribution in [0.1, 0.15) is 54.5 Å². The van der Waals surface area contributed by atoms with Crippen LogP contribution in [0.5, 0.6) is 0 Å². The molecule has 7 heteroatoms. The minimum atomic E-state index is -4.46. The highest BCUT2D eigenvalue weighted by Crippen LogP contribution is 2.49. The number of fused-ring (bicyclic) bond motifs is 2. The molecule has 2 fully saturated rings. The molecule has 2 saturated carbocycles. The highest BCUT2D eigenvalue weighted by atomic mass is 32.2. The van der Waals surface area contributed by atoms with E-state index in [9.17, 15) is 13.2 Å². The molecule has 0 spiro atoms. The Kier molecular flexibility index (Phi) is 3.88. The minimum Gasteiger partial charge on any atom is -0.378 e. The van der Waals surface area contributed by atoms with Crippen LogP contribution in [0.25, 0.3) is 21.9 Å². The molecule has 1 unspecified atom stereocenters. The maximum atomic E-state index is 13.9. The maximum absolute atomic E-state index is 13.9. The van der Waals surface area contributed by atoms with Crippen molar-refractivity contribution in [3.05, 3.63) is 52.2 Å². The first-order chi connectivity index (χ1) is 13.3. The van der Waals surface area contributed by atoms with Crippen molar-refractivity contribution in [2.75, 3.05) is 0 Å². The third-order valence-corrected chi connectivity index (χ3v) is 6.33. The number of rotatable bonds is 3. The quantitative estimate of drug-likeness (QED) is 0.717. The number of nitrogens with zero attached hydrogens (tertiary/aromatic N) is 2. The van der Waals surface area contributed by atoms with E-state index in [0.29, 0.717) is 16.2 Å². The SMILES string of the molecule is C/C=C\c1cc(C2=C3CC3N=C(N)S2)nc2c(C(F)(F)F)cc(C3CC3)cc12. The molecule has 2 heterocycles. The Labute approximate surface area is 164 Å². The average Bonchev–Trinajstić information content (AvgIpc) is 3.52. The topological polar surface area (TPSA) is 51.3 Å². The molecule has 1 aliphatic heterocycles. The molecule has 0 radical (unpaired) electrons. The van der Waals surface area contributed by atoms with Gasteiger partial charge in [-0.25, -0.2) is 4.98 Å². The summed E-state index contributed by atoms with van der Waals surface area (Å²) in [5.41, 5.74) is 8.43. The van der Waals surface area contributed by atoms with Gasteiger partial charge in [-0.05, 0) is 67.0 Å². The van der Waals surface area contributed by atoms with Crippen LogP contribution in [0, 0.1) is 0 Å². The number of aliphatic imine (C=N–C) groups is 1. The van der Waals surface area contributed by atoms with Crippen LogP contribution in [0.15, 0.2) is 34.8 Å². The van der Waals surface area contributed by atoms with E-state index in [2.05, 4.69) is 9.98 Å². The minimum absolute atomic E-state index is 0.00878. The molecule has 1 aromatic heterocycles. The summed E-state index contributed by atoms with van der Waals surface area (Å²) in [6.07, 6.45) is 1.93. The molecule has 144 valence electrons. The zero-order valence-corrected chi connectivity index (χ0v) is 16.0. The van der Waals surface area contributed by atoms with Gasteiger partial charge in [-0.3, -0.25) is 4.99 Å². The van der Waals surface area contributed by atoms with Crippen molar-refractivity contribution >= 4 is 38.8 Å². The summed E-state index contributed by atoms with van der Waals surface area (Å²) in [4.78, 5) is 9.67. The fourth-order valence-electron chi connectivity index (χ4n) is 3.76.